The van der Waals surface area contributed by atoms with Crippen LogP contribution in [0.5, 0.6) is 0 Å². The van der Waals surface area contributed by atoms with Crippen molar-refractivity contribution in [2.75, 3.05) is 6.54 Å². The molecule has 78 valence electrons. The van der Waals surface area contributed by atoms with Gasteiger partial charge in [0.2, 0.25) is 11.6 Å². The molecular formula is C9H6Cl2N2O2. The Hall–Kier alpha value is -1.31. The van der Waals surface area contributed by atoms with E-state index in [0.717, 1.165) is 0 Å². The number of halogens is 2. The minimum Gasteiger partial charge on any atom is -0.381 e. The van der Waals surface area contributed by atoms with Gasteiger partial charge in [0.15, 0.2) is 0 Å². The van der Waals surface area contributed by atoms with Crippen molar-refractivity contribution in [1.29, 1.82) is 5.26 Å². The van der Waals surface area contributed by atoms with E-state index in [1.807, 2.05) is 0 Å². The predicted molar refractivity (Wildman–Crippen MR) is 55.1 cm³/mol. The van der Waals surface area contributed by atoms with Crippen LogP contribution in [0.4, 0.5) is 0 Å². The number of nitrogens with zero attached hydrogens (tertiary/aromatic N) is 1. The highest BCUT2D eigenvalue weighted by molar-refractivity contribution is 6.59. The Balaban J connectivity index is 3.32. The van der Waals surface area contributed by atoms with Gasteiger partial charge in [-0.15, -0.1) is 0 Å². The van der Waals surface area contributed by atoms with Crippen LogP contribution in [0.1, 0.15) is 6.92 Å². The number of hydrogen-bond donors (Lipinski definition) is 1. The monoisotopic (exact) mass is 244 g/mol. The average Bonchev–Trinajstić information content (AvgIpc) is 2.24. The topological polar surface area (TPSA) is 70.0 Å². The van der Waals surface area contributed by atoms with Gasteiger partial charge < -0.3 is 5.32 Å². The number of likely N-dealkylation sites (N-methyl/N-ethyl adjacent to an activating group) is 1. The molecule has 0 spiro atoms. The molecule has 0 fully saturated rings. The first kappa shape index (κ1) is 11.8. The van der Waals surface area contributed by atoms with Gasteiger partial charge in [-0.3, -0.25) is 9.59 Å². The Bertz CT molecular complexity index is 444. The zero-order valence-corrected chi connectivity index (χ0v) is 9.24. The number of carbonyl (C=O) groups is 2. The van der Waals surface area contributed by atoms with Gasteiger partial charge in [0.25, 0.3) is 0 Å². The average molecular weight is 245 g/mol. The van der Waals surface area contributed by atoms with Gasteiger partial charge in [-0.25, -0.2) is 0 Å². The highest BCUT2D eigenvalue weighted by atomic mass is 35.5. The second-order valence-corrected chi connectivity index (χ2v) is 3.43. The van der Waals surface area contributed by atoms with E-state index in [1.54, 1.807) is 13.0 Å². The molecule has 0 aromatic rings. The number of carbonyl (C=O) groups excluding carboxylic acids is 2. The quantitative estimate of drug-likeness (QED) is 0.742. The molecule has 0 aromatic heterocycles. The molecule has 0 aliphatic heterocycles. The number of hydrogen-bond acceptors (Lipinski definition) is 4. The zero-order valence-electron chi connectivity index (χ0n) is 7.73. The number of Topliss-reactive ketones (excluding diaryl/α,β-unsaturated/α-hetero) is 2. The molecule has 15 heavy (non-hydrogen) atoms. The van der Waals surface area contributed by atoms with Gasteiger partial charge in [0.05, 0.1) is 0 Å². The van der Waals surface area contributed by atoms with E-state index in [-0.39, 0.29) is 16.3 Å². The Morgan fingerprint density at radius 2 is 1.80 bits per heavy atom. The van der Waals surface area contributed by atoms with Gasteiger partial charge in [0, 0.05) is 6.54 Å². The van der Waals surface area contributed by atoms with Crippen LogP contribution >= 0.6 is 23.2 Å². The van der Waals surface area contributed by atoms with Crippen LogP contribution in [0.15, 0.2) is 21.3 Å². The molecule has 0 saturated carbocycles. The number of ketones is 2. The third-order valence-corrected chi connectivity index (χ3v) is 2.58. The molecule has 0 bridgehead atoms. The van der Waals surface area contributed by atoms with Gasteiger partial charge in [-0.2, -0.15) is 5.26 Å². The first-order valence-electron chi connectivity index (χ1n) is 4.07. The van der Waals surface area contributed by atoms with Crippen LogP contribution in [0.25, 0.3) is 0 Å². The Morgan fingerprint density at radius 1 is 1.27 bits per heavy atom. The molecule has 1 aliphatic carbocycles. The van der Waals surface area contributed by atoms with Crippen molar-refractivity contribution >= 4 is 34.8 Å². The highest BCUT2D eigenvalue weighted by Gasteiger charge is 2.32. The number of rotatable bonds is 2. The summed E-state index contributed by atoms with van der Waals surface area (Å²) < 4.78 is 0. The van der Waals surface area contributed by atoms with Crippen molar-refractivity contribution in [3.8, 4) is 6.07 Å². The second kappa shape index (κ2) is 4.47. The van der Waals surface area contributed by atoms with Gasteiger partial charge >= 0.3 is 0 Å². The van der Waals surface area contributed by atoms with Crippen molar-refractivity contribution in [2.24, 2.45) is 0 Å². The van der Waals surface area contributed by atoms with E-state index in [0.29, 0.717) is 6.54 Å². The van der Waals surface area contributed by atoms with E-state index in [1.165, 1.54) is 0 Å². The maximum atomic E-state index is 11.5. The Labute approximate surface area is 96.1 Å². The maximum absolute atomic E-state index is 11.5. The minimum atomic E-state index is -0.722. The van der Waals surface area contributed by atoms with Crippen LogP contribution in [-0.4, -0.2) is 18.1 Å². The molecule has 1 rings (SSSR count). The van der Waals surface area contributed by atoms with Gasteiger partial charge in [-0.05, 0) is 6.92 Å². The van der Waals surface area contributed by atoms with Crippen molar-refractivity contribution < 1.29 is 9.59 Å². The smallest absolute Gasteiger partial charge is 0.223 e. The first-order chi connectivity index (χ1) is 7.04. The summed E-state index contributed by atoms with van der Waals surface area (Å²) in [7, 11) is 0. The third kappa shape index (κ3) is 1.89. The summed E-state index contributed by atoms with van der Waals surface area (Å²) in [5, 5.41) is 10.6. The van der Waals surface area contributed by atoms with Crippen LogP contribution in [-0.2, 0) is 9.59 Å². The molecule has 1 N–H and O–H groups in total. The fourth-order valence-corrected chi connectivity index (χ4v) is 1.46. The summed E-state index contributed by atoms with van der Waals surface area (Å²) >= 11 is 11.1. The summed E-state index contributed by atoms with van der Waals surface area (Å²) in [5.41, 5.74) is -0.379. The summed E-state index contributed by atoms with van der Waals surface area (Å²) in [6, 6.07) is 1.64. The largest absolute Gasteiger partial charge is 0.381 e. The van der Waals surface area contributed by atoms with Crippen LogP contribution in [0.3, 0.4) is 0 Å². The second-order valence-electron chi connectivity index (χ2n) is 2.68. The van der Waals surface area contributed by atoms with E-state index in [2.05, 4.69) is 5.32 Å². The van der Waals surface area contributed by atoms with E-state index >= 15 is 0 Å². The minimum absolute atomic E-state index is 0.0839. The van der Waals surface area contributed by atoms with E-state index in [9.17, 15) is 9.59 Å². The predicted octanol–water partition coefficient (Wildman–Crippen LogP) is 1.21. The Kier molecular flexibility index (Phi) is 3.51. The molecule has 0 amide bonds. The van der Waals surface area contributed by atoms with Crippen molar-refractivity contribution in [3.05, 3.63) is 21.3 Å². The van der Waals surface area contributed by atoms with Crippen LogP contribution in [0, 0.1) is 11.3 Å². The molecular weight excluding hydrogens is 239 g/mol. The van der Waals surface area contributed by atoms with Gasteiger partial charge in [0.1, 0.15) is 27.4 Å². The van der Waals surface area contributed by atoms with E-state index in [4.69, 9.17) is 28.5 Å². The normalized spacial score (nSPS) is 16.9. The summed E-state index contributed by atoms with van der Waals surface area (Å²) in [6.07, 6.45) is 0. The first-order valence-corrected chi connectivity index (χ1v) is 4.83. The fourth-order valence-electron chi connectivity index (χ4n) is 1.10. The lowest BCUT2D eigenvalue weighted by molar-refractivity contribution is -0.115. The third-order valence-electron chi connectivity index (χ3n) is 1.76. The zero-order chi connectivity index (χ0) is 11.6. The highest BCUT2D eigenvalue weighted by Crippen LogP contribution is 2.27. The lowest BCUT2D eigenvalue weighted by atomic mass is 10.0. The molecule has 1 aliphatic rings. The molecule has 0 aromatic carbocycles. The maximum Gasteiger partial charge on any atom is 0.223 e. The molecule has 6 heteroatoms. The van der Waals surface area contributed by atoms with Crippen LogP contribution < -0.4 is 5.32 Å². The van der Waals surface area contributed by atoms with Crippen molar-refractivity contribution in [2.45, 2.75) is 6.92 Å². The van der Waals surface area contributed by atoms with Gasteiger partial charge in [-0.1, -0.05) is 23.2 Å². The molecule has 0 unspecified atom stereocenters. The number of allylic oxidation sites excluding steroid dienone is 3. The molecule has 0 saturated heterocycles. The lowest BCUT2D eigenvalue weighted by Crippen LogP contribution is -2.29. The lowest BCUT2D eigenvalue weighted by Gasteiger charge is -2.14. The van der Waals surface area contributed by atoms with E-state index < -0.39 is 16.6 Å². The molecule has 4 nitrogen and oxygen atoms in total. The molecule has 0 heterocycles. The standard InChI is InChI=1S/C9H6Cl2N2O2/c1-2-13-7-4(3-12)8(14)5(10)6(11)9(7)15/h13H,2H2,1H3. The number of nitrogens with one attached hydrogen (secondary N) is 1. The summed E-state index contributed by atoms with van der Waals surface area (Å²) in [4.78, 5) is 23.0. The SMILES string of the molecule is CCNC1=C(C#N)C(=O)C(Cl)=C(Cl)C1=O. The van der Waals surface area contributed by atoms with Crippen molar-refractivity contribution in [1.82, 2.24) is 5.32 Å². The summed E-state index contributed by atoms with van der Waals surface area (Å²) in [6.45, 7) is 2.13. The molecule has 0 radical (unpaired) electrons. The summed E-state index contributed by atoms with van der Waals surface area (Å²) in [5.74, 6) is -1.35. The molecule has 0 atom stereocenters. The fraction of sp³-hybridized carbons (Fsp3) is 0.222. The Morgan fingerprint density at radius 3 is 2.27 bits per heavy atom. The van der Waals surface area contributed by atoms with Crippen LogP contribution in [0.2, 0.25) is 0 Å². The van der Waals surface area contributed by atoms with Crippen molar-refractivity contribution in [3.63, 3.8) is 0 Å². The number of nitriles is 1.